The summed E-state index contributed by atoms with van der Waals surface area (Å²) in [5.41, 5.74) is 2.13. The highest BCUT2D eigenvalue weighted by atomic mass is 16.6. The van der Waals surface area contributed by atoms with Gasteiger partial charge in [-0.25, -0.2) is 0 Å². The highest BCUT2D eigenvalue weighted by molar-refractivity contribution is 5.53. The van der Waals surface area contributed by atoms with E-state index in [1.54, 1.807) is 24.3 Å². The second-order valence-corrected chi connectivity index (χ2v) is 6.66. The molecule has 0 aliphatic heterocycles. The van der Waals surface area contributed by atoms with Gasteiger partial charge in [-0.1, -0.05) is 38.1 Å². The van der Waals surface area contributed by atoms with E-state index in [-0.39, 0.29) is 29.8 Å². The summed E-state index contributed by atoms with van der Waals surface area (Å²) < 4.78 is 0. The van der Waals surface area contributed by atoms with Crippen LogP contribution in [-0.2, 0) is 17.6 Å². The van der Waals surface area contributed by atoms with Crippen LogP contribution in [0.1, 0.15) is 25.0 Å². The minimum Gasteiger partial charge on any atom is -0.396 e. The van der Waals surface area contributed by atoms with Gasteiger partial charge < -0.3 is 9.90 Å². The summed E-state index contributed by atoms with van der Waals surface area (Å²) in [6.45, 7) is 3.88. The van der Waals surface area contributed by atoms with Crippen molar-refractivity contribution in [3.8, 4) is 0 Å². The molecule has 150 valence electrons. The van der Waals surface area contributed by atoms with Crippen molar-refractivity contribution in [1.29, 1.82) is 0 Å². The molecule has 0 spiro atoms. The van der Waals surface area contributed by atoms with Crippen LogP contribution in [0.3, 0.4) is 0 Å². The Morgan fingerprint density at radius 2 is 1.25 bits per heavy atom. The number of benzene rings is 2. The van der Waals surface area contributed by atoms with Crippen molar-refractivity contribution in [3.63, 3.8) is 0 Å². The predicted molar refractivity (Wildman–Crippen MR) is 105 cm³/mol. The van der Waals surface area contributed by atoms with E-state index >= 15 is 0 Å². The van der Waals surface area contributed by atoms with Gasteiger partial charge in [-0.2, -0.15) is 0 Å². The first-order valence-corrected chi connectivity index (χ1v) is 8.79. The average Bonchev–Trinajstić information content (AvgIpc) is 2.69. The van der Waals surface area contributed by atoms with Crippen LogP contribution >= 0.6 is 0 Å². The molecule has 0 radical (unpaired) electrons. The van der Waals surface area contributed by atoms with Gasteiger partial charge in [0.05, 0.1) is 9.85 Å². The Kier molecular flexibility index (Phi) is 9.45. The predicted octanol–water partition coefficient (Wildman–Crippen LogP) is 3.74. The van der Waals surface area contributed by atoms with Crippen molar-refractivity contribution in [1.82, 2.24) is 0 Å². The van der Waals surface area contributed by atoms with Gasteiger partial charge in [-0.3, -0.25) is 20.2 Å². The third-order valence-electron chi connectivity index (χ3n) is 3.98. The molecule has 0 aliphatic rings. The largest absolute Gasteiger partial charge is 0.396 e. The molecule has 8 nitrogen and oxygen atoms in total. The van der Waals surface area contributed by atoms with E-state index in [2.05, 4.69) is 0 Å². The Balaban J connectivity index is 0.000000280. The molecule has 0 heterocycles. The zero-order valence-electron chi connectivity index (χ0n) is 15.9. The van der Waals surface area contributed by atoms with Gasteiger partial charge in [0, 0.05) is 36.8 Å². The van der Waals surface area contributed by atoms with Crippen LogP contribution in [0.2, 0.25) is 0 Å². The van der Waals surface area contributed by atoms with Gasteiger partial charge in [0.25, 0.3) is 11.4 Å². The Hall–Kier alpha value is -3.13. The standard InChI is InChI=1S/C10H13NO3.C10H11NO3/c2*1-8(7-12)6-9-2-4-10(5-3-9)11(13)14/h2-5,8,12H,6-7H2,1H3;2-5,7-8H,6H2,1H3. The molecule has 0 aromatic heterocycles. The number of hydrogen-bond acceptors (Lipinski definition) is 6. The minimum atomic E-state index is -0.438. The molecule has 2 atom stereocenters. The summed E-state index contributed by atoms with van der Waals surface area (Å²) in [7, 11) is 0. The lowest BCUT2D eigenvalue weighted by Crippen LogP contribution is -2.04. The monoisotopic (exact) mass is 388 g/mol. The molecule has 0 saturated heterocycles. The van der Waals surface area contributed by atoms with Gasteiger partial charge in [0.15, 0.2) is 0 Å². The number of nitro groups is 2. The second kappa shape index (κ2) is 11.6. The number of nitrogens with zero attached hydrogens (tertiary/aromatic N) is 2. The fraction of sp³-hybridized carbons (Fsp3) is 0.350. The molecule has 2 aromatic rings. The van der Waals surface area contributed by atoms with Crippen LogP contribution in [-0.4, -0.2) is 27.8 Å². The van der Waals surface area contributed by atoms with Gasteiger partial charge in [0.1, 0.15) is 6.29 Å². The molecule has 0 fully saturated rings. The van der Waals surface area contributed by atoms with E-state index in [4.69, 9.17) is 5.11 Å². The van der Waals surface area contributed by atoms with E-state index in [0.29, 0.717) is 6.42 Å². The molecular weight excluding hydrogens is 364 g/mol. The second-order valence-electron chi connectivity index (χ2n) is 6.66. The van der Waals surface area contributed by atoms with Gasteiger partial charge >= 0.3 is 0 Å². The van der Waals surface area contributed by atoms with Crippen LogP contribution in [0.15, 0.2) is 48.5 Å². The molecule has 2 rings (SSSR count). The first kappa shape index (κ1) is 22.9. The molecule has 2 aromatic carbocycles. The Labute approximate surface area is 163 Å². The first-order valence-electron chi connectivity index (χ1n) is 8.79. The van der Waals surface area contributed by atoms with Crippen molar-refractivity contribution in [2.45, 2.75) is 26.7 Å². The molecule has 28 heavy (non-hydrogen) atoms. The first-order chi connectivity index (χ1) is 13.3. The molecule has 2 unspecified atom stereocenters. The van der Waals surface area contributed by atoms with Gasteiger partial charge in [-0.15, -0.1) is 0 Å². The molecular formula is C20H24N2O6. The Bertz CT molecular complexity index is 774. The lowest BCUT2D eigenvalue weighted by atomic mass is 10.0. The maximum Gasteiger partial charge on any atom is 0.269 e. The highest BCUT2D eigenvalue weighted by Crippen LogP contribution is 2.15. The maximum absolute atomic E-state index is 10.4. The van der Waals surface area contributed by atoms with Crippen molar-refractivity contribution in [3.05, 3.63) is 79.9 Å². The number of carbonyl (C=O) groups excluding carboxylic acids is 1. The van der Waals surface area contributed by atoms with E-state index in [1.165, 1.54) is 24.3 Å². The zero-order chi connectivity index (χ0) is 21.1. The number of aldehydes is 1. The van der Waals surface area contributed by atoms with E-state index in [1.807, 2.05) is 13.8 Å². The number of carbonyl (C=O) groups is 1. The number of aliphatic hydroxyl groups is 1. The molecule has 0 saturated carbocycles. The molecule has 8 heteroatoms. The van der Waals surface area contributed by atoms with Gasteiger partial charge in [-0.05, 0) is 29.9 Å². The number of hydrogen-bond donors (Lipinski definition) is 1. The summed E-state index contributed by atoms with van der Waals surface area (Å²) >= 11 is 0. The van der Waals surface area contributed by atoms with Gasteiger partial charge in [0.2, 0.25) is 0 Å². The summed E-state index contributed by atoms with van der Waals surface area (Å²) in [5.74, 6) is 0.146. The van der Waals surface area contributed by atoms with Crippen molar-refractivity contribution >= 4 is 17.7 Å². The quantitative estimate of drug-likeness (QED) is 0.417. The molecule has 0 bridgehead atoms. The summed E-state index contributed by atoms with van der Waals surface area (Å²) in [5, 5.41) is 29.5. The molecule has 0 amide bonds. The van der Waals surface area contributed by atoms with Crippen molar-refractivity contribution < 1.29 is 19.7 Å². The van der Waals surface area contributed by atoms with Crippen LogP contribution in [0.4, 0.5) is 11.4 Å². The average molecular weight is 388 g/mol. The fourth-order valence-corrected chi connectivity index (χ4v) is 2.39. The minimum absolute atomic E-state index is 0.0449. The Morgan fingerprint density at radius 1 is 0.857 bits per heavy atom. The lowest BCUT2D eigenvalue weighted by molar-refractivity contribution is -0.385. The maximum atomic E-state index is 10.4. The molecule has 1 N–H and O–H groups in total. The van der Waals surface area contributed by atoms with E-state index in [0.717, 1.165) is 23.8 Å². The third-order valence-corrected chi connectivity index (χ3v) is 3.98. The van der Waals surface area contributed by atoms with Crippen LogP contribution < -0.4 is 0 Å². The summed E-state index contributed by atoms with van der Waals surface area (Å²) in [4.78, 5) is 30.2. The van der Waals surface area contributed by atoms with E-state index < -0.39 is 9.85 Å². The van der Waals surface area contributed by atoms with E-state index in [9.17, 15) is 25.0 Å². The number of non-ortho nitro benzene ring substituents is 2. The topological polar surface area (TPSA) is 124 Å². The van der Waals surface area contributed by atoms with Crippen LogP contribution in [0.5, 0.6) is 0 Å². The SMILES string of the molecule is CC(C=O)Cc1ccc([N+](=O)[O-])cc1.CC(CO)Cc1ccc([N+](=O)[O-])cc1. The van der Waals surface area contributed by atoms with Crippen molar-refractivity contribution in [2.24, 2.45) is 11.8 Å². The fourth-order valence-electron chi connectivity index (χ4n) is 2.39. The van der Waals surface area contributed by atoms with Crippen LogP contribution in [0.25, 0.3) is 0 Å². The summed E-state index contributed by atoms with van der Waals surface area (Å²) in [6, 6.07) is 12.7. The third kappa shape index (κ3) is 8.05. The number of rotatable bonds is 8. The van der Waals surface area contributed by atoms with Crippen LogP contribution in [0, 0.1) is 32.1 Å². The number of aliphatic hydroxyl groups excluding tert-OH is 1. The zero-order valence-corrected chi connectivity index (χ0v) is 15.9. The number of nitro benzene ring substituents is 2. The normalized spacial score (nSPS) is 12.2. The Morgan fingerprint density at radius 3 is 1.57 bits per heavy atom. The molecule has 0 aliphatic carbocycles. The smallest absolute Gasteiger partial charge is 0.269 e. The lowest BCUT2D eigenvalue weighted by Gasteiger charge is -2.06. The summed E-state index contributed by atoms with van der Waals surface area (Å²) in [6.07, 6.45) is 2.25. The highest BCUT2D eigenvalue weighted by Gasteiger charge is 2.07. The van der Waals surface area contributed by atoms with Crippen molar-refractivity contribution in [2.75, 3.05) is 6.61 Å².